The summed E-state index contributed by atoms with van der Waals surface area (Å²) in [7, 11) is 1.66. The van der Waals surface area contributed by atoms with E-state index in [1.807, 2.05) is 6.92 Å². The Balaban J connectivity index is 2.60. The molecular formula is C7H13NO3. The normalized spacial score (nSPS) is 23.8. The third kappa shape index (κ3) is 1.36. The minimum absolute atomic E-state index is 0.222. The van der Waals surface area contributed by atoms with Gasteiger partial charge in [0.25, 0.3) is 0 Å². The van der Waals surface area contributed by atoms with Gasteiger partial charge in [0, 0.05) is 5.41 Å². The van der Waals surface area contributed by atoms with E-state index in [-0.39, 0.29) is 5.41 Å². The van der Waals surface area contributed by atoms with Gasteiger partial charge in [0.05, 0.1) is 13.2 Å². The molecule has 0 aromatic heterocycles. The molecule has 0 aliphatic carbocycles. The van der Waals surface area contributed by atoms with Gasteiger partial charge >= 0.3 is 5.97 Å². The molecule has 0 bridgehead atoms. The van der Waals surface area contributed by atoms with Crippen molar-refractivity contribution in [2.24, 2.45) is 5.41 Å². The van der Waals surface area contributed by atoms with Crippen LogP contribution in [0.25, 0.3) is 0 Å². The molecule has 0 radical (unpaired) electrons. The van der Waals surface area contributed by atoms with E-state index in [0.29, 0.717) is 13.2 Å². The van der Waals surface area contributed by atoms with Crippen LogP contribution in [0.3, 0.4) is 0 Å². The maximum atomic E-state index is 10.7. The zero-order chi connectivity index (χ0) is 8.48. The minimum atomic E-state index is -0.807. The second-order valence-electron chi connectivity index (χ2n) is 3.21. The average Bonchev–Trinajstić information content (AvgIpc) is 1.85. The molecular weight excluding hydrogens is 146 g/mol. The fraction of sp³-hybridized carbons (Fsp3) is 0.857. The molecule has 0 amide bonds. The lowest BCUT2D eigenvalue weighted by Crippen LogP contribution is -2.57. The Morgan fingerprint density at radius 3 is 2.36 bits per heavy atom. The van der Waals surface area contributed by atoms with Crippen LogP contribution in [0.15, 0.2) is 0 Å². The standard InChI is InChI=1S/C7H13NO3/c1-7(3-11-4-7)5(8-2)6(9)10/h5,8H,3-4H2,1-2H3,(H,9,10). The molecule has 1 atom stereocenters. The molecule has 1 saturated heterocycles. The monoisotopic (exact) mass is 159 g/mol. The van der Waals surface area contributed by atoms with Crippen molar-refractivity contribution >= 4 is 5.97 Å². The van der Waals surface area contributed by atoms with Gasteiger partial charge < -0.3 is 15.2 Å². The molecule has 1 aliphatic heterocycles. The van der Waals surface area contributed by atoms with Crippen molar-refractivity contribution in [2.45, 2.75) is 13.0 Å². The highest BCUT2D eigenvalue weighted by Gasteiger charge is 2.44. The molecule has 1 fully saturated rings. The van der Waals surface area contributed by atoms with Crippen LogP contribution < -0.4 is 5.32 Å². The summed E-state index contributed by atoms with van der Waals surface area (Å²) in [5, 5.41) is 11.5. The SMILES string of the molecule is CNC(C(=O)O)C1(C)COC1. The number of nitrogens with one attached hydrogen (secondary N) is 1. The van der Waals surface area contributed by atoms with Gasteiger partial charge in [-0.1, -0.05) is 6.92 Å². The van der Waals surface area contributed by atoms with Gasteiger partial charge in [0.2, 0.25) is 0 Å². The Morgan fingerprint density at radius 1 is 1.73 bits per heavy atom. The number of hydrogen-bond acceptors (Lipinski definition) is 3. The van der Waals surface area contributed by atoms with Crippen LogP contribution in [0, 0.1) is 5.41 Å². The van der Waals surface area contributed by atoms with Crippen LogP contribution in [-0.4, -0.2) is 37.4 Å². The molecule has 0 aromatic rings. The summed E-state index contributed by atoms with van der Waals surface area (Å²) in [6.45, 7) is 2.97. The van der Waals surface area contributed by atoms with Gasteiger partial charge in [-0.05, 0) is 7.05 Å². The highest BCUT2D eigenvalue weighted by atomic mass is 16.5. The number of carboxylic acids is 1. The van der Waals surface area contributed by atoms with Crippen LogP contribution in [-0.2, 0) is 9.53 Å². The number of aliphatic carboxylic acids is 1. The third-order valence-corrected chi connectivity index (χ3v) is 2.10. The fourth-order valence-electron chi connectivity index (χ4n) is 1.36. The molecule has 1 aliphatic rings. The summed E-state index contributed by atoms with van der Waals surface area (Å²) in [6, 6.07) is -0.490. The van der Waals surface area contributed by atoms with Crippen LogP contribution in [0.1, 0.15) is 6.92 Å². The smallest absolute Gasteiger partial charge is 0.321 e. The number of carboxylic acid groups (broad SMARTS) is 1. The first-order valence-electron chi connectivity index (χ1n) is 3.58. The summed E-state index contributed by atoms with van der Waals surface area (Å²) in [4.78, 5) is 10.7. The van der Waals surface area contributed by atoms with Crippen molar-refractivity contribution < 1.29 is 14.6 Å². The van der Waals surface area contributed by atoms with E-state index in [0.717, 1.165) is 0 Å². The molecule has 4 nitrogen and oxygen atoms in total. The van der Waals surface area contributed by atoms with E-state index in [9.17, 15) is 4.79 Å². The van der Waals surface area contributed by atoms with Gasteiger partial charge in [0.1, 0.15) is 6.04 Å². The van der Waals surface area contributed by atoms with Gasteiger partial charge in [-0.2, -0.15) is 0 Å². The zero-order valence-electron chi connectivity index (χ0n) is 6.76. The second-order valence-corrected chi connectivity index (χ2v) is 3.21. The first-order chi connectivity index (χ1) is 5.10. The van der Waals surface area contributed by atoms with Gasteiger partial charge in [-0.15, -0.1) is 0 Å². The van der Waals surface area contributed by atoms with Crippen molar-refractivity contribution in [1.29, 1.82) is 0 Å². The number of likely N-dealkylation sites (N-methyl/N-ethyl adjacent to an activating group) is 1. The molecule has 4 heteroatoms. The maximum Gasteiger partial charge on any atom is 0.321 e. The first-order valence-corrected chi connectivity index (χ1v) is 3.58. The van der Waals surface area contributed by atoms with E-state index in [4.69, 9.17) is 9.84 Å². The molecule has 1 unspecified atom stereocenters. The molecule has 0 aromatic carbocycles. The summed E-state index contributed by atoms with van der Waals surface area (Å²) in [6.07, 6.45) is 0. The van der Waals surface area contributed by atoms with Gasteiger partial charge in [0.15, 0.2) is 0 Å². The number of carbonyl (C=O) groups is 1. The molecule has 2 N–H and O–H groups in total. The maximum absolute atomic E-state index is 10.7. The van der Waals surface area contributed by atoms with E-state index < -0.39 is 12.0 Å². The van der Waals surface area contributed by atoms with E-state index >= 15 is 0 Å². The summed E-state index contributed by atoms with van der Waals surface area (Å²) >= 11 is 0. The summed E-state index contributed by atoms with van der Waals surface area (Å²) < 4.78 is 4.97. The minimum Gasteiger partial charge on any atom is -0.480 e. The van der Waals surface area contributed by atoms with Crippen LogP contribution >= 0.6 is 0 Å². The molecule has 0 spiro atoms. The molecule has 64 valence electrons. The van der Waals surface area contributed by atoms with Gasteiger partial charge in [-0.25, -0.2) is 0 Å². The van der Waals surface area contributed by atoms with E-state index in [1.54, 1.807) is 7.05 Å². The quantitative estimate of drug-likeness (QED) is 0.593. The lowest BCUT2D eigenvalue weighted by atomic mass is 9.80. The van der Waals surface area contributed by atoms with Crippen molar-refractivity contribution in [1.82, 2.24) is 5.32 Å². The highest BCUT2D eigenvalue weighted by molar-refractivity contribution is 5.74. The predicted octanol–water partition coefficient (Wildman–Crippen LogP) is -0.305. The van der Waals surface area contributed by atoms with E-state index in [2.05, 4.69) is 5.32 Å². The van der Waals surface area contributed by atoms with Crippen LogP contribution in [0.5, 0.6) is 0 Å². The van der Waals surface area contributed by atoms with Crippen LogP contribution in [0.4, 0.5) is 0 Å². The summed E-state index contributed by atoms with van der Waals surface area (Å²) in [5.41, 5.74) is -0.222. The Morgan fingerprint density at radius 2 is 2.27 bits per heavy atom. The van der Waals surface area contributed by atoms with Crippen LogP contribution in [0.2, 0.25) is 0 Å². The Bertz CT molecular complexity index is 165. The van der Waals surface area contributed by atoms with Gasteiger partial charge in [-0.3, -0.25) is 4.79 Å². The predicted molar refractivity (Wildman–Crippen MR) is 39.4 cm³/mol. The van der Waals surface area contributed by atoms with E-state index in [1.165, 1.54) is 0 Å². The Hall–Kier alpha value is -0.610. The molecule has 1 rings (SSSR count). The highest BCUT2D eigenvalue weighted by Crippen LogP contribution is 2.30. The Kier molecular flexibility index (Phi) is 2.15. The molecule has 0 saturated carbocycles. The lowest BCUT2D eigenvalue weighted by Gasteiger charge is -2.42. The zero-order valence-corrected chi connectivity index (χ0v) is 6.76. The molecule has 1 heterocycles. The number of ether oxygens (including phenoxy) is 1. The van der Waals surface area contributed by atoms with Crippen molar-refractivity contribution in [2.75, 3.05) is 20.3 Å². The second kappa shape index (κ2) is 2.79. The average molecular weight is 159 g/mol. The summed E-state index contributed by atoms with van der Waals surface area (Å²) in [5.74, 6) is -0.807. The van der Waals surface area contributed by atoms with Crippen molar-refractivity contribution in [3.05, 3.63) is 0 Å². The number of hydrogen-bond donors (Lipinski definition) is 2. The van der Waals surface area contributed by atoms with Crippen molar-refractivity contribution in [3.8, 4) is 0 Å². The fourth-order valence-corrected chi connectivity index (χ4v) is 1.36. The lowest BCUT2D eigenvalue weighted by molar-refractivity contribution is -0.161. The first kappa shape index (κ1) is 8.49. The van der Waals surface area contributed by atoms with Crippen molar-refractivity contribution in [3.63, 3.8) is 0 Å². The third-order valence-electron chi connectivity index (χ3n) is 2.10. The largest absolute Gasteiger partial charge is 0.480 e. The Labute approximate surface area is 65.5 Å². The topological polar surface area (TPSA) is 58.6 Å². The number of rotatable bonds is 3. The molecule has 11 heavy (non-hydrogen) atoms.